The zero-order chi connectivity index (χ0) is 32.5. The van der Waals surface area contributed by atoms with Crippen LogP contribution < -0.4 is 14.4 Å². The van der Waals surface area contributed by atoms with Crippen molar-refractivity contribution in [1.29, 1.82) is 0 Å². The van der Waals surface area contributed by atoms with Gasteiger partial charge >= 0.3 is 0 Å². The van der Waals surface area contributed by atoms with Gasteiger partial charge in [-0.3, -0.25) is 13.9 Å². The van der Waals surface area contributed by atoms with Gasteiger partial charge in [-0.1, -0.05) is 91.2 Å². The van der Waals surface area contributed by atoms with Gasteiger partial charge in [-0.25, -0.2) is 8.42 Å². The lowest BCUT2D eigenvalue weighted by molar-refractivity contribution is -0.140. The van der Waals surface area contributed by atoms with E-state index in [1.807, 2.05) is 66.7 Å². The van der Waals surface area contributed by atoms with E-state index in [4.69, 9.17) is 16.3 Å². The predicted octanol–water partition coefficient (Wildman–Crippen LogP) is 6.60. The summed E-state index contributed by atoms with van der Waals surface area (Å²) in [5, 5.41) is 3.61. The maximum atomic E-state index is 14.3. The van der Waals surface area contributed by atoms with Crippen molar-refractivity contribution >= 4 is 39.1 Å². The third-order valence-electron chi connectivity index (χ3n) is 8.05. The number of rotatable bonds is 13. The Kier molecular flexibility index (Phi) is 11.0. The Hall–Kier alpha value is -4.34. The largest absolute Gasteiger partial charge is 0.457 e. The number of nitrogens with zero attached hydrogens (tertiary/aromatic N) is 2. The first-order valence-corrected chi connectivity index (χ1v) is 17.6. The summed E-state index contributed by atoms with van der Waals surface area (Å²) in [5.41, 5.74) is 1.82. The molecule has 1 aliphatic rings. The molecule has 4 aromatic carbocycles. The molecule has 4 aromatic rings. The van der Waals surface area contributed by atoms with Gasteiger partial charge in [0.1, 0.15) is 24.1 Å². The topological polar surface area (TPSA) is 96.0 Å². The second-order valence-corrected chi connectivity index (χ2v) is 13.8. The fourth-order valence-electron chi connectivity index (χ4n) is 5.65. The quantitative estimate of drug-likeness (QED) is 0.175. The molecule has 5 rings (SSSR count). The molecular weight excluding hydrogens is 622 g/mol. The fraction of sp³-hybridized carbons (Fsp3) is 0.278. The summed E-state index contributed by atoms with van der Waals surface area (Å²) in [5.74, 6) is 0.351. The van der Waals surface area contributed by atoms with Crippen LogP contribution >= 0.6 is 11.6 Å². The number of nitrogens with one attached hydrogen (secondary N) is 1. The molecule has 8 nitrogen and oxygen atoms in total. The first-order valence-electron chi connectivity index (χ1n) is 15.4. The molecule has 0 bridgehead atoms. The van der Waals surface area contributed by atoms with E-state index in [9.17, 15) is 18.0 Å². The smallest absolute Gasteiger partial charge is 0.244 e. The van der Waals surface area contributed by atoms with E-state index in [0.29, 0.717) is 27.8 Å². The van der Waals surface area contributed by atoms with Crippen molar-refractivity contribution in [3.63, 3.8) is 0 Å². The molecule has 1 fully saturated rings. The Morgan fingerprint density at radius 1 is 0.848 bits per heavy atom. The van der Waals surface area contributed by atoms with Crippen LogP contribution in [0.15, 0.2) is 109 Å². The second kappa shape index (κ2) is 15.3. The van der Waals surface area contributed by atoms with Crippen molar-refractivity contribution in [3.8, 4) is 11.5 Å². The normalized spacial score (nSPS) is 14.0. The Balaban J connectivity index is 1.46. The van der Waals surface area contributed by atoms with Crippen molar-refractivity contribution in [1.82, 2.24) is 10.2 Å². The molecule has 2 amide bonds. The number of halogens is 1. The molecule has 1 unspecified atom stereocenters. The fourth-order valence-corrected chi connectivity index (χ4v) is 6.70. The monoisotopic (exact) mass is 659 g/mol. The van der Waals surface area contributed by atoms with Gasteiger partial charge in [0.05, 0.1) is 11.9 Å². The molecule has 10 heteroatoms. The summed E-state index contributed by atoms with van der Waals surface area (Å²) in [6, 6.07) is 31.5. The van der Waals surface area contributed by atoms with Gasteiger partial charge < -0.3 is 15.0 Å². The molecule has 1 saturated carbocycles. The van der Waals surface area contributed by atoms with E-state index in [2.05, 4.69) is 5.32 Å². The minimum atomic E-state index is -3.90. The molecule has 1 aliphatic carbocycles. The maximum Gasteiger partial charge on any atom is 0.244 e. The molecule has 1 N–H and O–H groups in total. The number of anilines is 1. The number of benzene rings is 4. The van der Waals surface area contributed by atoms with Crippen LogP contribution in [0.4, 0.5) is 5.69 Å². The Labute approximate surface area is 276 Å². The van der Waals surface area contributed by atoms with Gasteiger partial charge in [0, 0.05) is 24.0 Å². The highest BCUT2D eigenvalue weighted by Gasteiger charge is 2.34. The van der Waals surface area contributed by atoms with E-state index in [1.165, 1.54) is 4.90 Å². The van der Waals surface area contributed by atoms with Crippen LogP contribution in [0.2, 0.25) is 5.02 Å². The Morgan fingerprint density at radius 3 is 2.07 bits per heavy atom. The molecule has 0 aliphatic heterocycles. The van der Waals surface area contributed by atoms with Crippen LogP contribution in [0.5, 0.6) is 11.5 Å². The maximum absolute atomic E-state index is 14.3. The summed E-state index contributed by atoms with van der Waals surface area (Å²) >= 11 is 6.55. The van der Waals surface area contributed by atoms with Crippen LogP contribution in [-0.4, -0.2) is 50.0 Å². The number of hydrogen-bond acceptors (Lipinski definition) is 5. The first-order chi connectivity index (χ1) is 22.2. The van der Waals surface area contributed by atoms with Crippen molar-refractivity contribution in [3.05, 3.63) is 125 Å². The molecule has 0 radical (unpaired) electrons. The second-order valence-electron chi connectivity index (χ2n) is 11.5. The third kappa shape index (κ3) is 8.89. The number of para-hydroxylation sites is 1. The first kappa shape index (κ1) is 33.0. The zero-order valence-corrected chi connectivity index (χ0v) is 27.3. The lowest BCUT2D eigenvalue weighted by Crippen LogP contribution is -2.54. The van der Waals surface area contributed by atoms with Crippen LogP contribution in [0.25, 0.3) is 0 Å². The van der Waals surface area contributed by atoms with Gasteiger partial charge in [0.15, 0.2) is 0 Å². The van der Waals surface area contributed by atoms with Gasteiger partial charge in [-0.2, -0.15) is 0 Å². The van der Waals surface area contributed by atoms with Crippen molar-refractivity contribution in [2.24, 2.45) is 0 Å². The molecule has 0 spiro atoms. The summed E-state index contributed by atoms with van der Waals surface area (Å²) in [6.45, 7) is -0.486. The minimum absolute atomic E-state index is 0.0234. The molecule has 0 heterocycles. The average molecular weight is 660 g/mol. The molecule has 0 aromatic heterocycles. The zero-order valence-electron chi connectivity index (χ0n) is 25.7. The molecule has 1 atom stereocenters. The van der Waals surface area contributed by atoms with E-state index in [1.54, 1.807) is 42.5 Å². The average Bonchev–Trinajstić information content (AvgIpc) is 3.56. The van der Waals surface area contributed by atoms with E-state index in [-0.39, 0.29) is 24.9 Å². The van der Waals surface area contributed by atoms with Gasteiger partial charge in [-0.05, 0) is 66.4 Å². The van der Waals surface area contributed by atoms with Crippen molar-refractivity contribution in [2.45, 2.75) is 50.7 Å². The van der Waals surface area contributed by atoms with Crippen LogP contribution in [0, 0.1) is 0 Å². The van der Waals surface area contributed by atoms with E-state index >= 15 is 0 Å². The highest BCUT2D eigenvalue weighted by atomic mass is 35.5. The lowest BCUT2D eigenvalue weighted by Gasteiger charge is -2.34. The summed E-state index contributed by atoms with van der Waals surface area (Å²) in [7, 11) is -3.90. The van der Waals surface area contributed by atoms with Crippen LogP contribution in [-0.2, 0) is 32.6 Å². The van der Waals surface area contributed by atoms with E-state index in [0.717, 1.165) is 41.8 Å². The summed E-state index contributed by atoms with van der Waals surface area (Å²) in [4.78, 5) is 29.8. The highest BCUT2D eigenvalue weighted by Crippen LogP contribution is 2.27. The Bertz CT molecular complexity index is 1710. The molecule has 46 heavy (non-hydrogen) atoms. The highest BCUT2D eigenvalue weighted by molar-refractivity contribution is 7.92. The molecular formula is C36H38ClN3O5S. The van der Waals surface area contributed by atoms with Crippen LogP contribution in [0.1, 0.15) is 36.8 Å². The lowest BCUT2D eigenvalue weighted by atomic mass is 10.0. The SMILES string of the molecule is CS(=O)(=O)N(CC(=O)N(Cc1ccccc1Cl)C(Cc1ccccc1)C(=O)NC1CCCC1)c1ccc(Oc2ccccc2)cc1. The summed E-state index contributed by atoms with van der Waals surface area (Å²) in [6.07, 6.45) is 5.15. The predicted molar refractivity (Wildman–Crippen MR) is 181 cm³/mol. The number of carbonyl (C=O) groups excluding carboxylic acids is 2. The van der Waals surface area contributed by atoms with Crippen molar-refractivity contribution < 1.29 is 22.7 Å². The number of carbonyl (C=O) groups is 2. The minimum Gasteiger partial charge on any atom is -0.457 e. The molecule has 240 valence electrons. The number of sulfonamides is 1. The number of hydrogen-bond donors (Lipinski definition) is 1. The standard InChI is InChI=1S/C36H38ClN3O5S/c1-46(43,44)40(30-20-22-32(23-21-30)45-31-17-6-3-7-18-31)26-35(41)39(25-28-14-8-11-19-33(28)37)34(24-27-12-4-2-5-13-27)36(42)38-29-15-9-10-16-29/h2-8,11-14,17-23,29,34H,9-10,15-16,24-26H2,1H3,(H,38,42). The van der Waals surface area contributed by atoms with Crippen molar-refractivity contribution in [2.75, 3.05) is 17.1 Å². The van der Waals surface area contributed by atoms with Gasteiger partial charge in [0.25, 0.3) is 0 Å². The van der Waals surface area contributed by atoms with Gasteiger partial charge in [0.2, 0.25) is 21.8 Å². The Morgan fingerprint density at radius 2 is 1.43 bits per heavy atom. The van der Waals surface area contributed by atoms with Gasteiger partial charge in [-0.15, -0.1) is 0 Å². The number of ether oxygens (including phenoxy) is 1. The number of amides is 2. The van der Waals surface area contributed by atoms with Crippen LogP contribution in [0.3, 0.4) is 0 Å². The summed E-state index contributed by atoms with van der Waals surface area (Å²) < 4.78 is 33.2. The van der Waals surface area contributed by atoms with E-state index < -0.39 is 28.5 Å². The third-order valence-corrected chi connectivity index (χ3v) is 9.56. The molecule has 0 saturated heterocycles.